The van der Waals surface area contributed by atoms with Crippen LogP contribution in [0.15, 0.2) is 28.1 Å². The molecule has 0 aliphatic rings. The molecule has 94 valence electrons. The second-order valence-corrected chi connectivity index (χ2v) is 6.29. The second-order valence-electron chi connectivity index (χ2n) is 3.30. The van der Waals surface area contributed by atoms with Crippen LogP contribution < -0.4 is 5.32 Å². The molecule has 0 atom stereocenters. The van der Waals surface area contributed by atoms with Crippen LogP contribution in [0.3, 0.4) is 0 Å². The Hall–Kier alpha value is -0.260. The molecule has 1 amide bonds. The van der Waals surface area contributed by atoms with Gasteiger partial charge in [0.05, 0.1) is 20.8 Å². The van der Waals surface area contributed by atoms with E-state index in [1.807, 2.05) is 5.38 Å². The first-order valence-corrected chi connectivity index (χ1v) is 7.48. The average Bonchev–Trinajstić information content (AvgIpc) is 2.72. The largest absolute Gasteiger partial charge is 0.320 e. The summed E-state index contributed by atoms with van der Waals surface area (Å²) < 4.78 is 0.737. The van der Waals surface area contributed by atoms with Crippen molar-refractivity contribution in [3.05, 3.63) is 48.0 Å². The highest BCUT2D eigenvalue weighted by molar-refractivity contribution is 9.10. The Kier molecular flexibility index (Phi) is 4.56. The van der Waals surface area contributed by atoms with Crippen molar-refractivity contribution in [3.8, 4) is 0 Å². The number of rotatable bonds is 2. The smallest absolute Gasteiger partial charge is 0.266 e. The van der Waals surface area contributed by atoms with Gasteiger partial charge in [-0.3, -0.25) is 4.79 Å². The van der Waals surface area contributed by atoms with Gasteiger partial charge in [0.1, 0.15) is 4.88 Å². The number of hydrogen-bond acceptors (Lipinski definition) is 2. The fourth-order valence-electron chi connectivity index (χ4n) is 1.25. The lowest BCUT2D eigenvalue weighted by molar-refractivity contribution is 0.103. The van der Waals surface area contributed by atoms with E-state index in [1.165, 1.54) is 23.5 Å². The van der Waals surface area contributed by atoms with Crippen molar-refractivity contribution in [2.75, 3.05) is 5.32 Å². The molecule has 0 saturated carbocycles. The van der Waals surface area contributed by atoms with E-state index in [2.05, 4.69) is 21.2 Å². The van der Waals surface area contributed by atoms with E-state index in [1.54, 1.807) is 6.07 Å². The first kappa shape index (κ1) is 14.2. The molecule has 0 aliphatic heterocycles. The minimum Gasteiger partial charge on any atom is -0.320 e. The van der Waals surface area contributed by atoms with Gasteiger partial charge in [-0.15, -0.1) is 11.3 Å². The van der Waals surface area contributed by atoms with Crippen LogP contribution in [0.5, 0.6) is 0 Å². The monoisotopic (exact) mass is 383 g/mol. The van der Waals surface area contributed by atoms with Gasteiger partial charge in [0.25, 0.3) is 5.91 Å². The second kappa shape index (κ2) is 5.80. The molecule has 0 saturated heterocycles. The summed E-state index contributed by atoms with van der Waals surface area (Å²) in [6, 6.07) is 4.81. The van der Waals surface area contributed by atoms with Crippen LogP contribution >= 0.6 is 62.1 Å². The van der Waals surface area contributed by atoms with Crippen LogP contribution in [0.2, 0.25) is 15.1 Å². The first-order chi connectivity index (χ1) is 8.49. The summed E-state index contributed by atoms with van der Waals surface area (Å²) in [5.41, 5.74) is 0.427. The van der Waals surface area contributed by atoms with E-state index in [0.717, 1.165) is 4.47 Å². The lowest BCUT2D eigenvalue weighted by Crippen LogP contribution is -2.11. The van der Waals surface area contributed by atoms with Crippen molar-refractivity contribution >= 4 is 73.7 Å². The zero-order valence-corrected chi connectivity index (χ0v) is 13.3. The van der Waals surface area contributed by atoms with Gasteiger partial charge in [0.15, 0.2) is 0 Å². The van der Waals surface area contributed by atoms with Crippen molar-refractivity contribution < 1.29 is 4.79 Å². The van der Waals surface area contributed by atoms with Gasteiger partial charge in [-0.2, -0.15) is 0 Å². The third-order valence-corrected chi connectivity index (χ3v) is 4.95. The zero-order chi connectivity index (χ0) is 13.3. The number of anilines is 1. The lowest BCUT2D eigenvalue weighted by atomic mass is 10.3. The van der Waals surface area contributed by atoms with Crippen molar-refractivity contribution in [2.24, 2.45) is 0 Å². The predicted octanol–water partition coefficient (Wildman–Crippen LogP) is 5.72. The van der Waals surface area contributed by atoms with Crippen molar-refractivity contribution in [3.63, 3.8) is 0 Å². The molecule has 2 rings (SSSR count). The fraction of sp³-hybridized carbons (Fsp3) is 0. The highest BCUT2D eigenvalue weighted by atomic mass is 79.9. The fourth-order valence-corrected chi connectivity index (χ4v) is 3.29. The molecule has 1 aromatic heterocycles. The Labute approximate surface area is 131 Å². The summed E-state index contributed by atoms with van der Waals surface area (Å²) in [5, 5.41) is 5.52. The van der Waals surface area contributed by atoms with E-state index >= 15 is 0 Å². The molecule has 7 heteroatoms. The summed E-state index contributed by atoms with van der Waals surface area (Å²) in [5.74, 6) is -0.253. The van der Waals surface area contributed by atoms with Gasteiger partial charge < -0.3 is 5.32 Å². The normalized spacial score (nSPS) is 10.4. The lowest BCUT2D eigenvalue weighted by Gasteiger charge is -2.08. The molecular weight excluding hydrogens is 380 g/mol. The number of carbonyl (C=O) groups excluding carboxylic acids is 1. The van der Waals surface area contributed by atoms with Crippen LogP contribution in [-0.2, 0) is 0 Å². The summed E-state index contributed by atoms with van der Waals surface area (Å²) in [4.78, 5) is 12.5. The predicted molar refractivity (Wildman–Crippen MR) is 81.4 cm³/mol. The number of amides is 1. The molecule has 1 heterocycles. The number of halogens is 4. The number of nitrogens with one attached hydrogen (secondary N) is 1. The molecule has 2 nitrogen and oxygen atoms in total. The molecule has 0 bridgehead atoms. The summed E-state index contributed by atoms with van der Waals surface area (Å²) in [7, 11) is 0. The minimum absolute atomic E-state index is 0.253. The molecule has 0 aliphatic carbocycles. The van der Waals surface area contributed by atoms with Crippen LogP contribution in [0.4, 0.5) is 5.69 Å². The quantitative estimate of drug-likeness (QED) is 0.658. The summed E-state index contributed by atoms with van der Waals surface area (Å²) >= 11 is 22.3. The standard InChI is InChI=1S/C11H5BrCl3NOS/c12-5-1-2-18-10(5)11(17)16-9-4-7(14)6(13)3-8(9)15/h1-4H,(H,16,17). The first-order valence-electron chi connectivity index (χ1n) is 4.68. The number of thiophene rings is 1. The molecule has 2 aromatic rings. The molecule has 0 unspecified atom stereocenters. The Morgan fingerprint density at radius 3 is 2.44 bits per heavy atom. The van der Waals surface area contributed by atoms with Crippen molar-refractivity contribution in [1.82, 2.24) is 0 Å². The zero-order valence-electron chi connectivity index (χ0n) is 8.64. The van der Waals surface area contributed by atoms with Crippen LogP contribution in [0.25, 0.3) is 0 Å². The molecule has 0 spiro atoms. The van der Waals surface area contributed by atoms with E-state index in [9.17, 15) is 4.79 Å². The number of hydrogen-bond donors (Lipinski definition) is 1. The van der Waals surface area contributed by atoms with Gasteiger partial charge in [-0.05, 0) is 39.5 Å². The SMILES string of the molecule is O=C(Nc1cc(Cl)c(Cl)cc1Cl)c1sccc1Br. The third-order valence-electron chi connectivity index (χ3n) is 2.08. The average molecular weight is 385 g/mol. The van der Waals surface area contributed by atoms with E-state index in [4.69, 9.17) is 34.8 Å². The topological polar surface area (TPSA) is 29.1 Å². The molecule has 0 fully saturated rings. The van der Waals surface area contributed by atoms with Gasteiger partial charge in [-0.1, -0.05) is 34.8 Å². The van der Waals surface area contributed by atoms with Crippen molar-refractivity contribution in [2.45, 2.75) is 0 Å². The molecule has 0 radical (unpaired) electrons. The Morgan fingerprint density at radius 2 is 1.83 bits per heavy atom. The van der Waals surface area contributed by atoms with Gasteiger partial charge in [0.2, 0.25) is 0 Å². The van der Waals surface area contributed by atoms with Crippen molar-refractivity contribution in [1.29, 1.82) is 0 Å². The van der Waals surface area contributed by atoms with E-state index < -0.39 is 0 Å². The van der Waals surface area contributed by atoms with Crippen LogP contribution in [0.1, 0.15) is 9.67 Å². The summed E-state index contributed by atoms with van der Waals surface area (Å²) in [6.45, 7) is 0. The highest BCUT2D eigenvalue weighted by Crippen LogP contribution is 2.33. The van der Waals surface area contributed by atoms with E-state index in [0.29, 0.717) is 25.6 Å². The minimum atomic E-state index is -0.253. The van der Waals surface area contributed by atoms with Crippen LogP contribution in [0, 0.1) is 0 Å². The maximum absolute atomic E-state index is 12.0. The Morgan fingerprint density at radius 1 is 1.17 bits per heavy atom. The van der Waals surface area contributed by atoms with Gasteiger partial charge >= 0.3 is 0 Å². The maximum Gasteiger partial charge on any atom is 0.266 e. The Balaban J connectivity index is 2.28. The maximum atomic E-state index is 12.0. The third kappa shape index (κ3) is 3.00. The number of carbonyl (C=O) groups is 1. The van der Waals surface area contributed by atoms with Crippen LogP contribution in [-0.4, -0.2) is 5.91 Å². The van der Waals surface area contributed by atoms with E-state index in [-0.39, 0.29) is 5.91 Å². The van der Waals surface area contributed by atoms with Gasteiger partial charge in [-0.25, -0.2) is 0 Å². The molecular formula is C11H5BrCl3NOS. The molecule has 1 N–H and O–H groups in total. The number of benzene rings is 1. The highest BCUT2D eigenvalue weighted by Gasteiger charge is 2.14. The molecule has 1 aromatic carbocycles. The summed E-state index contributed by atoms with van der Waals surface area (Å²) in [6.07, 6.45) is 0. The Bertz CT molecular complexity index is 614. The van der Waals surface area contributed by atoms with Gasteiger partial charge in [0, 0.05) is 4.47 Å². The molecule has 18 heavy (non-hydrogen) atoms.